The van der Waals surface area contributed by atoms with Gasteiger partial charge in [-0.25, -0.2) is 19.9 Å². The van der Waals surface area contributed by atoms with E-state index in [1.807, 2.05) is 119 Å². The average Bonchev–Trinajstić information content (AvgIpc) is 0.829. The molecule has 0 saturated heterocycles. The molecule has 12 aromatic rings. The lowest BCUT2D eigenvalue weighted by atomic mass is 10.0. The number of nitrogens with zero attached hydrogens (tertiary/aromatic N) is 14. The Balaban J connectivity index is 0.000000206. The van der Waals surface area contributed by atoms with Gasteiger partial charge in [-0.1, -0.05) is 79.9 Å². The van der Waals surface area contributed by atoms with Gasteiger partial charge in [0, 0.05) is 88.1 Å². The second-order valence-corrected chi connectivity index (χ2v) is 25.6. The van der Waals surface area contributed by atoms with Crippen molar-refractivity contribution in [1.29, 1.82) is 31.6 Å². The number of nitrogens with two attached hydrogens (primary N) is 1. The molecule has 115 heavy (non-hydrogen) atoms. The average molecular weight is 1510 g/mol. The summed E-state index contributed by atoms with van der Waals surface area (Å²) in [6.07, 6.45) is 18.2. The zero-order valence-corrected chi connectivity index (χ0v) is 65.7. The number of benzene rings is 8. The Bertz CT molecular complexity index is 5470. The van der Waals surface area contributed by atoms with Crippen molar-refractivity contribution in [2.45, 2.75) is 69.2 Å². The van der Waals surface area contributed by atoms with Gasteiger partial charge in [0.25, 0.3) is 0 Å². The van der Waals surface area contributed by atoms with Crippen LogP contribution < -0.4 is 48.3 Å². The highest BCUT2D eigenvalue weighted by Gasteiger charge is 2.13. The van der Waals surface area contributed by atoms with Gasteiger partial charge in [-0.05, 0) is 283 Å². The zero-order chi connectivity index (χ0) is 83.2. The van der Waals surface area contributed by atoms with Gasteiger partial charge < -0.3 is 48.3 Å². The monoisotopic (exact) mass is 1510 g/mol. The molecule has 0 amide bonds. The summed E-state index contributed by atoms with van der Waals surface area (Å²) in [7, 11) is 0. The molecule has 0 bridgehead atoms. The van der Waals surface area contributed by atoms with Crippen molar-refractivity contribution in [1.82, 2.24) is 39.9 Å². The molecule has 23 heteroatoms. The third-order valence-corrected chi connectivity index (χ3v) is 16.3. The maximum absolute atomic E-state index is 8.89. The first-order valence-electron chi connectivity index (χ1n) is 35.8. The van der Waals surface area contributed by atoms with Gasteiger partial charge in [0.15, 0.2) is 0 Å². The molecule has 4 aromatic heterocycles. The van der Waals surface area contributed by atoms with Gasteiger partial charge in [0.05, 0.1) is 58.7 Å². The van der Waals surface area contributed by atoms with Crippen molar-refractivity contribution >= 4 is 105 Å². The third-order valence-electron chi connectivity index (χ3n) is 16.3. The van der Waals surface area contributed by atoms with E-state index < -0.39 is 0 Å². The van der Waals surface area contributed by atoms with Gasteiger partial charge in [0.1, 0.15) is 23.3 Å². The molecule has 8 aromatic carbocycles. The first-order valence-corrected chi connectivity index (χ1v) is 35.8. The van der Waals surface area contributed by atoms with E-state index in [4.69, 9.17) is 37.3 Å². The van der Waals surface area contributed by atoms with Gasteiger partial charge in [0.2, 0.25) is 23.8 Å². The summed E-state index contributed by atoms with van der Waals surface area (Å²) in [5.74, 6) is 4.71. The fraction of sp³-hybridized carbons (Fsp3) is 0.109. The molecule has 0 spiro atoms. The number of nitriles is 6. The van der Waals surface area contributed by atoms with Crippen LogP contribution in [0, 0.1) is 137 Å². The van der Waals surface area contributed by atoms with E-state index in [2.05, 4.69) is 211 Å². The number of rotatable bonds is 20. The SMILES string of the molecule is C=C(N)/C=C\c1cc(C)c(Nc2ccnc(Nc3ccc(C#N)cc3)n2)c(C)c1.C=CC#N.C=CC=C.Cc1cc(/C=C\C#N)cc(C)c1Nc1ccnc(Nc2ccc(C#N)cc2)n1.Cc1cc(C)c(Nc2ccnc(Nc3ccc(C#N)cc3)n2)c(C)c1.Cc1cc(C)c(Nc2ccnc(Nc3ccc(C#N)cc3)n2)c(C)c1. The number of aromatic nitrogens is 8. The van der Waals surface area contributed by atoms with Crippen LogP contribution in [0.5, 0.6) is 0 Å². The summed E-state index contributed by atoms with van der Waals surface area (Å²) in [4.78, 5) is 35.1. The van der Waals surface area contributed by atoms with Crippen molar-refractivity contribution in [3.63, 3.8) is 0 Å². The first-order chi connectivity index (χ1) is 55.4. The van der Waals surface area contributed by atoms with Crippen molar-refractivity contribution < 1.29 is 0 Å². The normalized spacial score (nSPS) is 9.88. The Morgan fingerprint density at radius 3 is 0.774 bits per heavy atom. The zero-order valence-electron chi connectivity index (χ0n) is 65.7. The lowest BCUT2D eigenvalue weighted by Gasteiger charge is -2.14. The minimum Gasteiger partial charge on any atom is -0.399 e. The predicted molar refractivity (Wildman–Crippen MR) is 465 cm³/mol. The van der Waals surface area contributed by atoms with Crippen LogP contribution in [0.25, 0.3) is 12.2 Å². The molecule has 0 fully saturated rings. The van der Waals surface area contributed by atoms with Crippen LogP contribution in [0.1, 0.15) is 89.0 Å². The number of hydrogen-bond acceptors (Lipinski definition) is 23. The van der Waals surface area contributed by atoms with Crippen LogP contribution in [0.2, 0.25) is 0 Å². The number of hydrogen-bond donors (Lipinski definition) is 9. The van der Waals surface area contributed by atoms with Gasteiger partial charge >= 0.3 is 0 Å². The van der Waals surface area contributed by atoms with E-state index in [0.29, 0.717) is 63.4 Å². The fourth-order valence-electron chi connectivity index (χ4n) is 11.2. The lowest BCUT2D eigenvalue weighted by Crippen LogP contribution is -2.02. The number of allylic oxidation sites excluding steroid dienone is 5. The predicted octanol–water partition coefficient (Wildman–Crippen LogP) is 21.5. The molecule has 23 nitrogen and oxygen atoms in total. The van der Waals surface area contributed by atoms with Crippen LogP contribution in [-0.2, 0) is 0 Å². The summed E-state index contributed by atoms with van der Waals surface area (Å²) in [5.41, 5.74) is 29.5. The molecule has 0 atom stereocenters. The number of anilines is 16. The molecule has 10 N–H and O–H groups in total. The van der Waals surface area contributed by atoms with Crippen LogP contribution in [0.15, 0.2) is 257 Å². The van der Waals surface area contributed by atoms with E-state index in [1.54, 1.807) is 110 Å². The molecule has 0 saturated carbocycles. The summed E-state index contributed by atoms with van der Waals surface area (Å²) < 4.78 is 0. The highest BCUT2D eigenvalue weighted by atomic mass is 15.2. The van der Waals surface area contributed by atoms with Crippen molar-refractivity contribution in [2.75, 3.05) is 42.5 Å². The maximum Gasteiger partial charge on any atom is 0.229 e. The Hall–Kier alpha value is -16.3. The Morgan fingerprint density at radius 2 is 0.565 bits per heavy atom. The minimum atomic E-state index is 0.457. The van der Waals surface area contributed by atoms with E-state index in [9.17, 15) is 0 Å². The van der Waals surface area contributed by atoms with E-state index in [-0.39, 0.29) is 0 Å². The second-order valence-electron chi connectivity index (χ2n) is 25.6. The summed E-state index contributed by atoms with van der Waals surface area (Å²) in [6.45, 7) is 34.1. The number of aryl methyl sites for hydroxylation is 10. The summed E-state index contributed by atoms with van der Waals surface area (Å²) >= 11 is 0. The smallest absolute Gasteiger partial charge is 0.229 e. The van der Waals surface area contributed by atoms with Gasteiger partial charge in [-0.15, -0.1) is 0 Å². The van der Waals surface area contributed by atoms with E-state index in [1.165, 1.54) is 45.5 Å². The maximum atomic E-state index is 8.89. The van der Waals surface area contributed by atoms with Crippen molar-refractivity contribution in [3.8, 4) is 36.4 Å². The molecule has 0 aliphatic rings. The van der Waals surface area contributed by atoms with Crippen molar-refractivity contribution in [2.24, 2.45) is 5.73 Å². The molecule has 12 rings (SSSR count). The first kappa shape index (κ1) is 85.9. The minimum absolute atomic E-state index is 0.457. The second kappa shape index (κ2) is 44.2. The summed E-state index contributed by atoms with van der Waals surface area (Å²) in [5, 5.41) is 77.7. The quantitative estimate of drug-likeness (QED) is 0.0253. The lowest BCUT2D eigenvalue weighted by molar-refractivity contribution is 1.16. The van der Waals surface area contributed by atoms with E-state index in [0.717, 1.165) is 90.5 Å². The fourth-order valence-corrected chi connectivity index (χ4v) is 11.2. The molecule has 4 heterocycles. The molecule has 0 aliphatic heterocycles. The molecular weight excluding hydrogens is 1430 g/mol. The topological polar surface area (TPSA) is 368 Å². The highest BCUT2D eigenvalue weighted by Crippen LogP contribution is 2.31. The van der Waals surface area contributed by atoms with Gasteiger partial charge in [-0.2, -0.15) is 51.5 Å². The summed E-state index contributed by atoms with van der Waals surface area (Å²) in [6, 6.07) is 64.7. The third kappa shape index (κ3) is 28.0. The van der Waals surface area contributed by atoms with Gasteiger partial charge in [-0.3, -0.25) is 0 Å². The molecule has 0 aliphatic carbocycles. The van der Waals surface area contributed by atoms with Crippen molar-refractivity contribution in [3.05, 3.63) is 346 Å². The van der Waals surface area contributed by atoms with Crippen LogP contribution in [0.4, 0.5) is 92.6 Å². The van der Waals surface area contributed by atoms with Crippen LogP contribution in [0.3, 0.4) is 0 Å². The molecule has 0 unspecified atom stereocenters. The standard InChI is InChI=1S/C23H22N6.C22H18N6.2C20H19N5.C4H6.C3H3N/c1-15-12-19(5-4-17(3)25)13-16(2)22(15)28-21-10-11-26-23(29-21)27-20-8-6-18(14-24)7-9-20;1-15-12-18(4-3-10-23)13-16(2)21(15)27-20-9-11-25-22(28-20)26-19-7-5-17(14-24)6-8-19;2*1-13-10-14(2)19(15(3)11-13)24-18-8-9-22-20(25-18)23-17-6-4-16(12-21)5-7-17;1-3-4-2;1-2-3-4/h4-13H,3,25H2,1-2H3,(H2,26,27,28,29);3-9,11-13H,1-2H3,(H2,25,26,27,28);2*4-11H,1-3H3,(H2,22,23,24,25);3-4H,1-2H2;2H,1H2/b5-4-;4-3-;;;;. The molecular formula is C92H87N23. The Labute approximate surface area is 672 Å². The highest BCUT2D eigenvalue weighted by molar-refractivity contribution is 5.73. The number of nitrogens with one attached hydrogen (secondary N) is 8. The van der Waals surface area contributed by atoms with Crippen LogP contribution in [-0.4, -0.2) is 39.9 Å². The Kier molecular flexibility index (Phi) is 33.0. The van der Waals surface area contributed by atoms with E-state index >= 15 is 0 Å². The largest absolute Gasteiger partial charge is 0.399 e. The Morgan fingerprint density at radius 1 is 0.330 bits per heavy atom. The molecule has 0 radical (unpaired) electrons. The van der Waals surface area contributed by atoms with Crippen LogP contribution >= 0.6 is 0 Å². The molecule has 570 valence electrons.